The van der Waals surface area contributed by atoms with Crippen LogP contribution in [0.15, 0.2) is 24.3 Å². The summed E-state index contributed by atoms with van der Waals surface area (Å²) in [6.45, 7) is 1.63. The number of carbonyl (C=O) groups is 1. The first-order chi connectivity index (χ1) is 10.8. The summed E-state index contributed by atoms with van der Waals surface area (Å²) in [7, 11) is 0. The van der Waals surface area contributed by atoms with Crippen LogP contribution in [0, 0.1) is 0 Å². The Bertz CT molecular complexity index is 546. The molecule has 0 spiro atoms. The molecule has 3 aliphatic rings. The number of likely N-dealkylation sites (tertiary alicyclic amines) is 1. The van der Waals surface area contributed by atoms with Gasteiger partial charge in [-0.3, -0.25) is 4.79 Å². The van der Waals surface area contributed by atoms with Gasteiger partial charge < -0.3 is 9.64 Å². The topological polar surface area (TPSA) is 29.5 Å². The van der Waals surface area contributed by atoms with Crippen molar-refractivity contribution in [1.29, 1.82) is 0 Å². The van der Waals surface area contributed by atoms with Gasteiger partial charge in [0.1, 0.15) is 6.10 Å². The molecule has 118 valence electrons. The van der Waals surface area contributed by atoms with Crippen LogP contribution in [-0.2, 0) is 9.53 Å². The number of ether oxygens (including phenoxy) is 1. The lowest BCUT2D eigenvalue weighted by Gasteiger charge is -2.31. The fraction of sp³-hybridized carbons (Fsp3) is 0.632. The van der Waals surface area contributed by atoms with Crippen molar-refractivity contribution >= 4 is 5.91 Å². The van der Waals surface area contributed by atoms with E-state index >= 15 is 0 Å². The summed E-state index contributed by atoms with van der Waals surface area (Å²) in [5.41, 5.74) is 2.88. The van der Waals surface area contributed by atoms with Gasteiger partial charge in [0.15, 0.2) is 0 Å². The van der Waals surface area contributed by atoms with Crippen molar-refractivity contribution in [2.45, 2.75) is 63.0 Å². The molecule has 1 aromatic rings. The van der Waals surface area contributed by atoms with Crippen LogP contribution in [0.5, 0.6) is 0 Å². The van der Waals surface area contributed by atoms with Gasteiger partial charge in [-0.2, -0.15) is 0 Å². The van der Waals surface area contributed by atoms with Gasteiger partial charge in [-0.25, -0.2) is 0 Å². The van der Waals surface area contributed by atoms with Crippen molar-refractivity contribution in [3.63, 3.8) is 0 Å². The molecule has 0 bridgehead atoms. The van der Waals surface area contributed by atoms with Gasteiger partial charge in [-0.05, 0) is 62.0 Å². The minimum Gasteiger partial charge on any atom is -0.368 e. The molecule has 4 rings (SSSR count). The molecule has 1 aromatic carbocycles. The smallest absolute Gasteiger partial charge is 0.252 e. The molecule has 1 saturated carbocycles. The Kier molecular flexibility index (Phi) is 3.91. The predicted octanol–water partition coefficient (Wildman–Crippen LogP) is 3.80. The SMILES string of the molecule is O=C([C@@H]1CCCCO1)N1CCCC1c1ccccc1C1CC1. The largest absolute Gasteiger partial charge is 0.368 e. The summed E-state index contributed by atoms with van der Waals surface area (Å²) in [5.74, 6) is 0.965. The van der Waals surface area contributed by atoms with Crippen LogP contribution in [0.25, 0.3) is 0 Å². The summed E-state index contributed by atoms with van der Waals surface area (Å²) >= 11 is 0. The van der Waals surface area contributed by atoms with Gasteiger partial charge in [0.25, 0.3) is 5.91 Å². The second-order valence-corrected chi connectivity index (χ2v) is 6.95. The maximum atomic E-state index is 12.9. The van der Waals surface area contributed by atoms with Crippen LogP contribution < -0.4 is 0 Å². The molecule has 2 atom stereocenters. The van der Waals surface area contributed by atoms with E-state index in [-0.39, 0.29) is 18.1 Å². The van der Waals surface area contributed by atoms with Crippen LogP contribution in [0.2, 0.25) is 0 Å². The number of carbonyl (C=O) groups excluding carboxylic acids is 1. The molecule has 3 nitrogen and oxygen atoms in total. The molecule has 22 heavy (non-hydrogen) atoms. The number of benzene rings is 1. The Morgan fingerprint density at radius 1 is 1.00 bits per heavy atom. The van der Waals surface area contributed by atoms with E-state index in [1.165, 1.54) is 24.0 Å². The summed E-state index contributed by atoms with van der Waals surface area (Å²) in [6.07, 6.45) is 7.75. The Morgan fingerprint density at radius 3 is 2.55 bits per heavy atom. The summed E-state index contributed by atoms with van der Waals surface area (Å²) in [4.78, 5) is 15.0. The van der Waals surface area contributed by atoms with E-state index < -0.39 is 0 Å². The van der Waals surface area contributed by atoms with Crippen molar-refractivity contribution in [3.8, 4) is 0 Å². The molecular formula is C19H25NO2. The first kappa shape index (κ1) is 14.3. The number of nitrogens with zero attached hydrogens (tertiary/aromatic N) is 1. The van der Waals surface area contributed by atoms with Crippen molar-refractivity contribution in [3.05, 3.63) is 35.4 Å². The maximum Gasteiger partial charge on any atom is 0.252 e. The molecule has 0 radical (unpaired) electrons. The Morgan fingerprint density at radius 2 is 1.82 bits per heavy atom. The lowest BCUT2D eigenvalue weighted by atomic mass is 9.95. The predicted molar refractivity (Wildman–Crippen MR) is 85.7 cm³/mol. The van der Waals surface area contributed by atoms with E-state index in [0.29, 0.717) is 0 Å². The third-order valence-corrected chi connectivity index (χ3v) is 5.36. The average Bonchev–Trinajstić information content (AvgIpc) is 3.32. The second kappa shape index (κ2) is 6.04. The average molecular weight is 299 g/mol. The van der Waals surface area contributed by atoms with E-state index in [4.69, 9.17) is 4.74 Å². The highest BCUT2D eigenvalue weighted by Crippen LogP contribution is 2.45. The first-order valence-corrected chi connectivity index (χ1v) is 8.85. The maximum absolute atomic E-state index is 12.9. The van der Waals surface area contributed by atoms with E-state index in [2.05, 4.69) is 29.2 Å². The molecule has 0 aromatic heterocycles. The molecular weight excluding hydrogens is 274 g/mol. The quantitative estimate of drug-likeness (QED) is 0.849. The summed E-state index contributed by atoms with van der Waals surface area (Å²) < 4.78 is 5.74. The van der Waals surface area contributed by atoms with Gasteiger partial charge in [-0.1, -0.05) is 24.3 Å². The van der Waals surface area contributed by atoms with Gasteiger partial charge in [-0.15, -0.1) is 0 Å². The van der Waals surface area contributed by atoms with Crippen molar-refractivity contribution < 1.29 is 9.53 Å². The highest BCUT2D eigenvalue weighted by Gasteiger charge is 2.37. The standard InChI is InChI=1S/C19H25NO2/c21-19(18-9-3-4-13-22-18)20-12-5-8-17(20)16-7-2-1-6-15(16)14-10-11-14/h1-2,6-7,14,17-18H,3-5,8-13H2/t17?,18-/m0/s1. The Hall–Kier alpha value is -1.35. The zero-order valence-electron chi connectivity index (χ0n) is 13.2. The third-order valence-electron chi connectivity index (χ3n) is 5.36. The zero-order chi connectivity index (χ0) is 14.9. The van der Waals surface area contributed by atoms with Crippen LogP contribution in [0.1, 0.15) is 68.0 Å². The summed E-state index contributed by atoms with van der Waals surface area (Å²) in [5, 5.41) is 0. The second-order valence-electron chi connectivity index (χ2n) is 6.95. The van der Waals surface area contributed by atoms with Gasteiger partial charge in [0.2, 0.25) is 0 Å². The third kappa shape index (κ3) is 2.67. The summed E-state index contributed by atoms with van der Waals surface area (Å²) in [6, 6.07) is 9.05. The minimum absolute atomic E-state index is 0.192. The first-order valence-electron chi connectivity index (χ1n) is 8.85. The molecule has 1 aliphatic carbocycles. The molecule has 3 heteroatoms. The van der Waals surface area contributed by atoms with E-state index in [1.807, 2.05) is 0 Å². The van der Waals surface area contributed by atoms with Crippen molar-refractivity contribution in [1.82, 2.24) is 4.90 Å². The minimum atomic E-state index is -0.192. The number of hydrogen-bond acceptors (Lipinski definition) is 2. The fourth-order valence-electron chi connectivity index (χ4n) is 4.05. The monoisotopic (exact) mass is 299 g/mol. The van der Waals surface area contributed by atoms with E-state index in [1.54, 1.807) is 0 Å². The van der Waals surface area contributed by atoms with Gasteiger partial charge in [0, 0.05) is 13.2 Å². The van der Waals surface area contributed by atoms with Crippen molar-refractivity contribution in [2.24, 2.45) is 0 Å². The lowest BCUT2D eigenvalue weighted by molar-refractivity contribution is -0.147. The van der Waals surface area contributed by atoms with Gasteiger partial charge in [0.05, 0.1) is 6.04 Å². The highest BCUT2D eigenvalue weighted by molar-refractivity contribution is 5.81. The molecule has 2 aliphatic heterocycles. The normalized spacial score (nSPS) is 28.8. The molecule has 2 saturated heterocycles. The van der Waals surface area contributed by atoms with Crippen LogP contribution in [0.3, 0.4) is 0 Å². The van der Waals surface area contributed by atoms with Gasteiger partial charge >= 0.3 is 0 Å². The zero-order valence-corrected chi connectivity index (χ0v) is 13.2. The Balaban J connectivity index is 1.57. The fourth-order valence-corrected chi connectivity index (χ4v) is 4.05. The highest BCUT2D eigenvalue weighted by atomic mass is 16.5. The number of hydrogen-bond donors (Lipinski definition) is 0. The van der Waals surface area contributed by atoms with Crippen molar-refractivity contribution in [2.75, 3.05) is 13.2 Å². The lowest BCUT2D eigenvalue weighted by Crippen LogP contribution is -2.41. The number of rotatable bonds is 3. The number of amides is 1. The van der Waals surface area contributed by atoms with Crippen LogP contribution in [-0.4, -0.2) is 30.1 Å². The molecule has 1 unspecified atom stereocenters. The molecule has 0 N–H and O–H groups in total. The van der Waals surface area contributed by atoms with Crippen LogP contribution >= 0.6 is 0 Å². The molecule has 2 heterocycles. The Labute approximate surface area is 132 Å². The molecule has 1 amide bonds. The van der Waals surface area contributed by atoms with E-state index in [0.717, 1.165) is 51.2 Å². The molecule has 3 fully saturated rings. The van der Waals surface area contributed by atoms with E-state index in [9.17, 15) is 4.79 Å². The van der Waals surface area contributed by atoms with Crippen LogP contribution in [0.4, 0.5) is 0 Å².